The first-order chi connectivity index (χ1) is 11.5. The van der Waals surface area contributed by atoms with Gasteiger partial charge in [-0.05, 0) is 49.6 Å². The topological polar surface area (TPSA) is 32.3 Å². The van der Waals surface area contributed by atoms with Gasteiger partial charge in [0.1, 0.15) is 11.6 Å². The van der Waals surface area contributed by atoms with E-state index in [0.717, 1.165) is 43.8 Å². The highest BCUT2D eigenvalue weighted by Gasteiger charge is 2.18. The van der Waals surface area contributed by atoms with Gasteiger partial charge in [0, 0.05) is 24.2 Å². The number of hydrogen-bond donors (Lipinski definition) is 1. The number of piperidine rings is 1. The van der Waals surface area contributed by atoms with Crippen LogP contribution in [0, 0.1) is 11.6 Å². The number of amides is 1. The van der Waals surface area contributed by atoms with E-state index in [2.05, 4.69) is 10.2 Å². The molecule has 0 radical (unpaired) electrons. The monoisotopic (exact) mass is 350 g/mol. The third-order valence-corrected chi connectivity index (χ3v) is 4.31. The van der Waals surface area contributed by atoms with Gasteiger partial charge < -0.3 is 10.2 Å². The lowest BCUT2D eigenvalue weighted by Crippen LogP contribution is -2.30. The molecular formula is C18H17ClF2N2O. The molecule has 24 heavy (non-hydrogen) atoms. The van der Waals surface area contributed by atoms with Crippen molar-refractivity contribution in [2.75, 3.05) is 23.3 Å². The summed E-state index contributed by atoms with van der Waals surface area (Å²) >= 11 is 6.04. The minimum absolute atomic E-state index is 0.207. The summed E-state index contributed by atoms with van der Waals surface area (Å²) in [5.41, 5.74) is 1.18. The highest BCUT2D eigenvalue weighted by Crippen LogP contribution is 2.31. The molecule has 3 nitrogen and oxygen atoms in total. The Morgan fingerprint density at radius 1 is 1.04 bits per heavy atom. The van der Waals surface area contributed by atoms with Crippen LogP contribution in [-0.2, 0) is 0 Å². The number of anilines is 2. The Kier molecular flexibility index (Phi) is 5.00. The highest BCUT2D eigenvalue weighted by molar-refractivity contribution is 6.31. The van der Waals surface area contributed by atoms with Gasteiger partial charge >= 0.3 is 0 Å². The van der Waals surface area contributed by atoms with Crippen LogP contribution in [0.1, 0.15) is 29.6 Å². The maximum Gasteiger partial charge on any atom is 0.258 e. The van der Waals surface area contributed by atoms with E-state index < -0.39 is 17.5 Å². The molecule has 1 N–H and O–H groups in total. The Balaban J connectivity index is 1.88. The van der Waals surface area contributed by atoms with Gasteiger partial charge in [-0.25, -0.2) is 8.78 Å². The van der Waals surface area contributed by atoms with Crippen molar-refractivity contribution >= 4 is 28.9 Å². The molecule has 0 bridgehead atoms. The van der Waals surface area contributed by atoms with E-state index >= 15 is 0 Å². The number of halogens is 3. The zero-order chi connectivity index (χ0) is 17.1. The number of benzene rings is 2. The van der Waals surface area contributed by atoms with Crippen molar-refractivity contribution in [1.82, 2.24) is 0 Å². The van der Waals surface area contributed by atoms with Crippen molar-refractivity contribution < 1.29 is 13.6 Å². The maximum atomic E-state index is 13.8. The fourth-order valence-corrected chi connectivity index (χ4v) is 3.05. The van der Waals surface area contributed by atoms with E-state index in [9.17, 15) is 13.6 Å². The number of carbonyl (C=O) groups excluding carboxylic acids is 1. The number of nitrogens with zero attached hydrogens (tertiary/aromatic N) is 1. The summed E-state index contributed by atoms with van der Waals surface area (Å²) in [6, 6.07) is 8.14. The summed E-state index contributed by atoms with van der Waals surface area (Å²) in [4.78, 5) is 14.5. The first-order valence-corrected chi connectivity index (χ1v) is 8.23. The van der Waals surface area contributed by atoms with Gasteiger partial charge in [0.2, 0.25) is 0 Å². The summed E-state index contributed by atoms with van der Waals surface area (Å²) in [6.45, 7) is 1.80. The second kappa shape index (κ2) is 7.18. The van der Waals surface area contributed by atoms with Crippen molar-refractivity contribution in [2.24, 2.45) is 0 Å². The molecule has 1 amide bonds. The van der Waals surface area contributed by atoms with Crippen molar-refractivity contribution in [2.45, 2.75) is 19.3 Å². The van der Waals surface area contributed by atoms with Gasteiger partial charge in [0.25, 0.3) is 5.91 Å². The van der Waals surface area contributed by atoms with Gasteiger partial charge in [0.05, 0.1) is 16.9 Å². The summed E-state index contributed by atoms with van der Waals surface area (Å²) in [5.74, 6) is -2.25. The molecule has 126 valence electrons. The van der Waals surface area contributed by atoms with Gasteiger partial charge in [-0.2, -0.15) is 0 Å². The third kappa shape index (κ3) is 3.67. The van der Waals surface area contributed by atoms with Crippen LogP contribution in [0.15, 0.2) is 36.4 Å². The summed E-state index contributed by atoms with van der Waals surface area (Å²) in [7, 11) is 0. The first kappa shape index (κ1) is 16.7. The first-order valence-electron chi connectivity index (χ1n) is 7.85. The Bertz CT molecular complexity index is 761. The van der Waals surface area contributed by atoms with Crippen LogP contribution < -0.4 is 10.2 Å². The molecule has 1 aliphatic heterocycles. The van der Waals surface area contributed by atoms with E-state index in [1.54, 1.807) is 12.1 Å². The smallest absolute Gasteiger partial charge is 0.258 e. The Hall–Kier alpha value is -2.14. The zero-order valence-electron chi connectivity index (χ0n) is 13.0. The lowest BCUT2D eigenvalue weighted by atomic mass is 10.1. The third-order valence-electron chi connectivity index (χ3n) is 4.08. The fraction of sp³-hybridized carbons (Fsp3) is 0.278. The van der Waals surface area contributed by atoms with E-state index in [1.807, 2.05) is 6.07 Å². The number of hydrogen-bond acceptors (Lipinski definition) is 2. The second-order valence-electron chi connectivity index (χ2n) is 5.79. The lowest BCUT2D eigenvalue weighted by molar-refractivity contribution is 0.102. The molecule has 1 saturated heterocycles. The van der Waals surface area contributed by atoms with E-state index in [4.69, 9.17) is 11.6 Å². The van der Waals surface area contributed by atoms with E-state index in [1.165, 1.54) is 6.42 Å². The minimum Gasteiger partial charge on any atom is -0.370 e. The average Bonchev–Trinajstić information content (AvgIpc) is 2.55. The minimum atomic E-state index is -0.894. The highest BCUT2D eigenvalue weighted by atomic mass is 35.5. The van der Waals surface area contributed by atoms with Crippen molar-refractivity contribution in [3.05, 3.63) is 58.6 Å². The number of rotatable bonds is 3. The summed E-state index contributed by atoms with van der Waals surface area (Å²) < 4.78 is 26.8. The van der Waals surface area contributed by atoms with Crippen LogP contribution in [0.3, 0.4) is 0 Å². The number of nitrogens with one attached hydrogen (secondary N) is 1. The Morgan fingerprint density at radius 3 is 2.50 bits per heavy atom. The molecular weight excluding hydrogens is 334 g/mol. The van der Waals surface area contributed by atoms with Crippen LogP contribution in [0.25, 0.3) is 0 Å². The number of carbonyl (C=O) groups is 1. The normalized spacial score (nSPS) is 14.5. The van der Waals surface area contributed by atoms with Gasteiger partial charge in [-0.15, -0.1) is 0 Å². The molecule has 0 saturated carbocycles. The van der Waals surface area contributed by atoms with Crippen LogP contribution in [0.4, 0.5) is 20.2 Å². The molecule has 0 unspecified atom stereocenters. The van der Waals surface area contributed by atoms with E-state index in [-0.39, 0.29) is 5.56 Å². The Morgan fingerprint density at radius 2 is 1.79 bits per heavy atom. The molecule has 1 fully saturated rings. The molecule has 2 aromatic rings. The van der Waals surface area contributed by atoms with Crippen LogP contribution in [0.2, 0.25) is 5.02 Å². The molecule has 0 aromatic heterocycles. The second-order valence-corrected chi connectivity index (χ2v) is 6.22. The standard InChI is InChI=1S/C18H17ClF2N2O/c19-12-4-7-17(23-8-2-1-3-9-23)16(10-12)22-18(24)14-6-5-13(20)11-15(14)21/h4-7,10-11H,1-3,8-9H2,(H,22,24). The van der Waals surface area contributed by atoms with Crippen molar-refractivity contribution in [1.29, 1.82) is 0 Å². The molecule has 1 heterocycles. The zero-order valence-corrected chi connectivity index (χ0v) is 13.7. The molecule has 6 heteroatoms. The SMILES string of the molecule is O=C(Nc1cc(Cl)ccc1N1CCCCC1)c1ccc(F)cc1F. The van der Waals surface area contributed by atoms with Gasteiger partial charge in [0.15, 0.2) is 0 Å². The fourth-order valence-electron chi connectivity index (χ4n) is 2.88. The predicted octanol–water partition coefficient (Wildman–Crippen LogP) is 4.86. The van der Waals surface area contributed by atoms with Crippen LogP contribution in [0.5, 0.6) is 0 Å². The van der Waals surface area contributed by atoms with Crippen LogP contribution in [-0.4, -0.2) is 19.0 Å². The van der Waals surface area contributed by atoms with Gasteiger partial charge in [-0.3, -0.25) is 4.79 Å². The largest absolute Gasteiger partial charge is 0.370 e. The maximum absolute atomic E-state index is 13.8. The predicted molar refractivity (Wildman–Crippen MR) is 91.8 cm³/mol. The Labute approximate surface area is 144 Å². The molecule has 0 aliphatic carbocycles. The lowest BCUT2D eigenvalue weighted by Gasteiger charge is -2.30. The molecule has 1 aliphatic rings. The molecule has 3 rings (SSSR count). The van der Waals surface area contributed by atoms with Gasteiger partial charge in [-0.1, -0.05) is 11.6 Å². The van der Waals surface area contributed by atoms with E-state index in [0.29, 0.717) is 16.8 Å². The molecule has 0 spiro atoms. The molecule has 0 atom stereocenters. The van der Waals surface area contributed by atoms with Crippen molar-refractivity contribution in [3.8, 4) is 0 Å². The summed E-state index contributed by atoms with van der Waals surface area (Å²) in [6.07, 6.45) is 3.36. The molecule has 2 aromatic carbocycles. The van der Waals surface area contributed by atoms with Crippen molar-refractivity contribution in [3.63, 3.8) is 0 Å². The summed E-state index contributed by atoms with van der Waals surface area (Å²) in [5, 5.41) is 3.18. The quantitative estimate of drug-likeness (QED) is 0.857. The van der Waals surface area contributed by atoms with Crippen LogP contribution >= 0.6 is 11.6 Å². The average molecular weight is 351 g/mol.